The lowest BCUT2D eigenvalue weighted by molar-refractivity contribution is -0.385. The van der Waals surface area contributed by atoms with Gasteiger partial charge in [0, 0.05) is 24.3 Å². The number of nitro benzene ring substituents is 1. The molecule has 1 aromatic carbocycles. The van der Waals surface area contributed by atoms with Gasteiger partial charge in [-0.3, -0.25) is 14.9 Å². The second-order valence-corrected chi connectivity index (χ2v) is 5.52. The fourth-order valence-electron chi connectivity index (χ4n) is 2.26. The Morgan fingerprint density at radius 3 is 2.52 bits per heavy atom. The van der Waals surface area contributed by atoms with E-state index < -0.39 is 10.8 Å². The van der Waals surface area contributed by atoms with Crippen molar-refractivity contribution in [2.75, 3.05) is 11.9 Å². The van der Waals surface area contributed by atoms with Crippen LogP contribution in [0.2, 0.25) is 0 Å². The van der Waals surface area contributed by atoms with Gasteiger partial charge in [0.2, 0.25) is 0 Å². The highest BCUT2D eigenvalue weighted by Crippen LogP contribution is 2.23. The van der Waals surface area contributed by atoms with Crippen molar-refractivity contribution in [1.29, 1.82) is 0 Å². The van der Waals surface area contributed by atoms with Crippen LogP contribution in [0.1, 0.15) is 44.5 Å². The first-order chi connectivity index (χ1) is 9.85. The molecule has 116 valence electrons. The molecule has 1 unspecified atom stereocenters. The monoisotopic (exact) mass is 293 g/mol. The summed E-state index contributed by atoms with van der Waals surface area (Å²) in [6.45, 7) is 8.64. The summed E-state index contributed by atoms with van der Waals surface area (Å²) in [5.74, 6) is 0.0398. The third kappa shape index (κ3) is 5.06. The van der Waals surface area contributed by atoms with Gasteiger partial charge in [-0.15, -0.1) is 0 Å². The minimum Gasteiger partial charge on any atom is -0.385 e. The van der Waals surface area contributed by atoms with Crippen LogP contribution in [0, 0.1) is 16.0 Å². The fourth-order valence-corrected chi connectivity index (χ4v) is 2.26. The van der Waals surface area contributed by atoms with Gasteiger partial charge >= 0.3 is 0 Å². The first kappa shape index (κ1) is 16.9. The molecule has 0 spiro atoms. The molecule has 0 heterocycles. The first-order valence-electron chi connectivity index (χ1n) is 7.18. The highest BCUT2D eigenvalue weighted by atomic mass is 16.6. The van der Waals surface area contributed by atoms with E-state index in [1.54, 1.807) is 6.07 Å². The highest BCUT2D eigenvalue weighted by Gasteiger charge is 2.22. The minimum atomic E-state index is -0.530. The third-order valence-corrected chi connectivity index (χ3v) is 3.02. The van der Waals surface area contributed by atoms with Crippen LogP contribution in [0.15, 0.2) is 18.2 Å². The Labute approximate surface area is 125 Å². The molecule has 0 bridgehead atoms. The van der Waals surface area contributed by atoms with Gasteiger partial charge in [-0.05, 0) is 38.3 Å². The first-order valence-corrected chi connectivity index (χ1v) is 7.18. The molecule has 1 atom stereocenters. The minimum absolute atomic E-state index is 0.0279. The fraction of sp³-hybridized carbons (Fsp3) is 0.533. The van der Waals surface area contributed by atoms with Crippen molar-refractivity contribution in [3.05, 3.63) is 33.9 Å². The van der Waals surface area contributed by atoms with Crippen molar-refractivity contribution in [2.45, 2.75) is 40.2 Å². The molecule has 0 aliphatic carbocycles. The molecule has 0 saturated heterocycles. The van der Waals surface area contributed by atoms with Crippen LogP contribution >= 0.6 is 0 Å². The predicted octanol–water partition coefficient (Wildman–Crippen LogP) is 3.19. The zero-order valence-electron chi connectivity index (χ0n) is 13.0. The van der Waals surface area contributed by atoms with E-state index in [4.69, 9.17) is 0 Å². The van der Waals surface area contributed by atoms with E-state index in [2.05, 4.69) is 24.5 Å². The molecule has 1 aromatic rings. The Bertz CT molecular complexity index is 515. The van der Waals surface area contributed by atoms with Gasteiger partial charge < -0.3 is 10.6 Å². The zero-order chi connectivity index (χ0) is 16.0. The second kappa shape index (κ2) is 7.61. The number of carbonyl (C=O) groups is 1. The summed E-state index contributed by atoms with van der Waals surface area (Å²) in [6, 6.07) is 4.47. The van der Waals surface area contributed by atoms with Crippen LogP contribution in [0.4, 0.5) is 11.4 Å². The quantitative estimate of drug-likeness (QED) is 0.597. The smallest absolute Gasteiger partial charge is 0.282 e. The van der Waals surface area contributed by atoms with E-state index in [1.165, 1.54) is 12.1 Å². The standard InChI is InChI=1S/C15H23N3O3/c1-5-16-12-6-7-14(18(20)21)13(9-12)15(19)17-11(4)8-10(2)3/h6-7,9-11,16H,5,8H2,1-4H3,(H,17,19). The molecular formula is C15H23N3O3. The average Bonchev–Trinajstić information content (AvgIpc) is 2.37. The highest BCUT2D eigenvalue weighted by molar-refractivity contribution is 5.99. The lowest BCUT2D eigenvalue weighted by atomic mass is 10.0. The van der Waals surface area contributed by atoms with Crippen molar-refractivity contribution in [2.24, 2.45) is 5.92 Å². The molecule has 0 aromatic heterocycles. The Balaban J connectivity index is 2.99. The molecule has 6 nitrogen and oxygen atoms in total. The van der Waals surface area contributed by atoms with E-state index in [9.17, 15) is 14.9 Å². The van der Waals surface area contributed by atoms with Gasteiger partial charge in [-0.2, -0.15) is 0 Å². The lowest BCUT2D eigenvalue weighted by Gasteiger charge is -2.16. The number of benzene rings is 1. The van der Waals surface area contributed by atoms with Crippen molar-refractivity contribution >= 4 is 17.3 Å². The summed E-state index contributed by atoms with van der Waals surface area (Å²) in [6.07, 6.45) is 0.826. The van der Waals surface area contributed by atoms with Gasteiger partial charge in [0.25, 0.3) is 11.6 Å². The predicted molar refractivity (Wildman–Crippen MR) is 83.6 cm³/mol. The Hall–Kier alpha value is -2.11. The van der Waals surface area contributed by atoms with E-state index in [0.29, 0.717) is 18.2 Å². The van der Waals surface area contributed by atoms with Gasteiger partial charge in [0.05, 0.1) is 4.92 Å². The van der Waals surface area contributed by atoms with Crippen molar-refractivity contribution in [1.82, 2.24) is 5.32 Å². The van der Waals surface area contributed by atoms with Gasteiger partial charge in [0.15, 0.2) is 0 Å². The number of hydrogen-bond donors (Lipinski definition) is 2. The summed E-state index contributed by atoms with van der Waals surface area (Å²) in [4.78, 5) is 22.8. The molecule has 2 N–H and O–H groups in total. The van der Waals surface area contributed by atoms with E-state index >= 15 is 0 Å². The number of carbonyl (C=O) groups excluding carboxylic acids is 1. The topological polar surface area (TPSA) is 84.3 Å². The zero-order valence-corrected chi connectivity index (χ0v) is 13.0. The van der Waals surface area contributed by atoms with E-state index in [-0.39, 0.29) is 17.3 Å². The molecule has 0 saturated carbocycles. The molecule has 0 radical (unpaired) electrons. The maximum Gasteiger partial charge on any atom is 0.282 e. The van der Waals surface area contributed by atoms with Crippen LogP contribution in [0.25, 0.3) is 0 Å². The summed E-state index contributed by atoms with van der Waals surface area (Å²) < 4.78 is 0. The van der Waals surface area contributed by atoms with Crippen LogP contribution < -0.4 is 10.6 Å². The molecule has 6 heteroatoms. The largest absolute Gasteiger partial charge is 0.385 e. The maximum atomic E-state index is 12.3. The van der Waals surface area contributed by atoms with E-state index in [1.807, 2.05) is 13.8 Å². The molecule has 21 heavy (non-hydrogen) atoms. The second-order valence-electron chi connectivity index (χ2n) is 5.52. The number of rotatable bonds is 7. The number of hydrogen-bond acceptors (Lipinski definition) is 4. The van der Waals surface area contributed by atoms with E-state index in [0.717, 1.165) is 6.42 Å². The molecule has 1 amide bonds. The maximum absolute atomic E-state index is 12.3. The van der Waals surface area contributed by atoms with Crippen LogP contribution in [0.5, 0.6) is 0 Å². The molecule has 0 fully saturated rings. The Kier molecular flexibility index (Phi) is 6.14. The SMILES string of the molecule is CCNc1ccc([N+](=O)[O-])c(C(=O)NC(C)CC(C)C)c1. The van der Waals surface area contributed by atoms with Crippen LogP contribution in [-0.4, -0.2) is 23.4 Å². The van der Waals surface area contributed by atoms with Crippen molar-refractivity contribution in [3.8, 4) is 0 Å². The van der Waals surface area contributed by atoms with Gasteiger partial charge in [0.1, 0.15) is 5.56 Å². The summed E-state index contributed by atoms with van der Waals surface area (Å²) >= 11 is 0. The number of nitrogens with one attached hydrogen (secondary N) is 2. The molecule has 0 aliphatic rings. The summed E-state index contributed by atoms with van der Waals surface area (Å²) in [5, 5.41) is 16.9. The Morgan fingerprint density at radius 2 is 2.00 bits per heavy atom. The summed E-state index contributed by atoms with van der Waals surface area (Å²) in [5.41, 5.74) is 0.615. The molecule has 0 aliphatic heterocycles. The average molecular weight is 293 g/mol. The van der Waals surface area contributed by atoms with Gasteiger partial charge in [-0.1, -0.05) is 13.8 Å². The number of nitro groups is 1. The number of anilines is 1. The number of nitrogens with zero attached hydrogens (tertiary/aromatic N) is 1. The normalized spacial score (nSPS) is 12.0. The van der Waals surface area contributed by atoms with Crippen LogP contribution in [0.3, 0.4) is 0 Å². The Morgan fingerprint density at radius 1 is 1.33 bits per heavy atom. The van der Waals surface area contributed by atoms with Crippen LogP contribution in [-0.2, 0) is 0 Å². The van der Waals surface area contributed by atoms with Gasteiger partial charge in [-0.25, -0.2) is 0 Å². The summed E-state index contributed by atoms with van der Waals surface area (Å²) in [7, 11) is 0. The number of amides is 1. The lowest BCUT2D eigenvalue weighted by Crippen LogP contribution is -2.33. The molecular weight excluding hydrogens is 270 g/mol. The molecule has 1 rings (SSSR count). The van der Waals surface area contributed by atoms with Crippen molar-refractivity contribution < 1.29 is 9.72 Å². The van der Waals surface area contributed by atoms with Crippen molar-refractivity contribution in [3.63, 3.8) is 0 Å². The third-order valence-electron chi connectivity index (χ3n) is 3.02.